The molecule has 1 aromatic carbocycles. The van der Waals surface area contributed by atoms with Crippen molar-refractivity contribution < 1.29 is 23.5 Å². The molecule has 1 aromatic heterocycles. The molecule has 2 heterocycles. The maximum Gasteiger partial charge on any atom is 0.325 e. The van der Waals surface area contributed by atoms with Crippen LogP contribution in [0.3, 0.4) is 0 Å². The number of carbonyl (C=O) groups is 2. The number of carboxylic acids is 1. The molecule has 1 unspecified atom stereocenters. The summed E-state index contributed by atoms with van der Waals surface area (Å²) in [6.07, 6.45) is 3.52. The Morgan fingerprint density at radius 2 is 2.00 bits per heavy atom. The maximum atomic E-state index is 13.5. The first-order valence-electron chi connectivity index (χ1n) is 8.52. The van der Waals surface area contributed by atoms with E-state index < -0.39 is 12.0 Å². The number of nitrogens with zero attached hydrogens (tertiary/aromatic N) is 2. The SMILES string of the molecule is Cc1cc(C(C(=O)O)N2CCCN(C(=O)c3ccoc3)CC2)ccc1F. The molecule has 6 nitrogen and oxygen atoms in total. The average molecular weight is 360 g/mol. The van der Waals surface area contributed by atoms with E-state index in [9.17, 15) is 19.1 Å². The monoisotopic (exact) mass is 360 g/mol. The number of amides is 1. The Labute approximate surface area is 150 Å². The van der Waals surface area contributed by atoms with Crippen molar-refractivity contribution in [2.75, 3.05) is 26.2 Å². The number of benzene rings is 1. The van der Waals surface area contributed by atoms with E-state index in [4.69, 9.17) is 4.42 Å². The van der Waals surface area contributed by atoms with Crippen LogP contribution in [0, 0.1) is 12.7 Å². The Bertz CT molecular complexity index is 791. The summed E-state index contributed by atoms with van der Waals surface area (Å²) in [5, 5.41) is 9.73. The number of aryl methyl sites for hydroxylation is 1. The van der Waals surface area contributed by atoms with Gasteiger partial charge in [-0.25, -0.2) is 4.39 Å². The first-order chi connectivity index (χ1) is 12.5. The van der Waals surface area contributed by atoms with E-state index in [1.807, 2.05) is 4.90 Å². The lowest BCUT2D eigenvalue weighted by Gasteiger charge is -2.28. The van der Waals surface area contributed by atoms with Crippen molar-refractivity contribution in [3.05, 3.63) is 59.3 Å². The molecule has 2 aromatic rings. The Balaban J connectivity index is 1.76. The summed E-state index contributed by atoms with van der Waals surface area (Å²) in [6, 6.07) is 5.14. The Kier molecular flexibility index (Phi) is 5.37. The third-order valence-electron chi connectivity index (χ3n) is 4.68. The number of rotatable bonds is 4. The van der Waals surface area contributed by atoms with Gasteiger partial charge < -0.3 is 14.4 Å². The van der Waals surface area contributed by atoms with Crippen LogP contribution in [0.15, 0.2) is 41.2 Å². The van der Waals surface area contributed by atoms with E-state index in [1.54, 1.807) is 24.0 Å². The molecule has 138 valence electrons. The fourth-order valence-corrected chi connectivity index (χ4v) is 3.31. The van der Waals surface area contributed by atoms with Gasteiger partial charge in [0.25, 0.3) is 5.91 Å². The van der Waals surface area contributed by atoms with E-state index in [-0.39, 0.29) is 11.7 Å². The Hall–Kier alpha value is -2.67. The summed E-state index contributed by atoms with van der Waals surface area (Å²) in [7, 11) is 0. The standard InChI is InChI=1S/C19H21FN2O4/c1-13-11-14(3-4-16(13)20)17(19(24)25)21-6-2-7-22(9-8-21)18(23)15-5-10-26-12-15/h3-5,10-12,17H,2,6-9H2,1H3,(H,24,25). The van der Waals surface area contributed by atoms with Gasteiger partial charge in [-0.05, 0) is 36.6 Å². The summed E-state index contributed by atoms with van der Waals surface area (Å²) < 4.78 is 18.5. The van der Waals surface area contributed by atoms with E-state index in [2.05, 4.69) is 0 Å². The predicted octanol–water partition coefficient (Wildman–Crippen LogP) is 2.70. The van der Waals surface area contributed by atoms with Gasteiger partial charge in [0.2, 0.25) is 0 Å². The van der Waals surface area contributed by atoms with Crippen LogP contribution < -0.4 is 0 Å². The molecule has 3 rings (SSSR count). The second kappa shape index (κ2) is 7.70. The fourth-order valence-electron chi connectivity index (χ4n) is 3.31. The lowest BCUT2D eigenvalue weighted by molar-refractivity contribution is -0.143. The largest absolute Gasteiger partial charge is 0.480 e. The number of aliphatic carboxylic acids is 1. The molecule has 0 radical (unpaired) electrons. The van der Waals surface area contributed by atoms with Gasteiger partial charge in [0.15, 0.2) is 0 Å². The lowest BCUT2D eigenvalue weighted by Crippen LogP contribution is -2.38. The molecule has 1 aliphatic heterocycles. The van der Waals surface area contributed by atoms with E-state index in [0.717, 1.165) is 0 Å². The van der Waals surface area contributed by atoms with Crippen molar-refractivity contribution in [2.24, 2.45) is 0 Å². The van der Waals surface area contributed by atoms with Crippen LogP contribution in [0.1, 0.15) is 33.9 Å². The summed E-state index contributed by atoms with van der Waals surface area (Å²) in [5.41, 5.74) is 1.45. The number of hydrogen-bond donors (Lipinski definition) is 1. The Morgan fingerprint density at radius 1 is 1.19 bits per heavy atom. The van der Waals surface area contributed by atoms with E-state index in [0.29, 0.717) is 49.3 Å². The van der Waals surface area contributed by atoms with Crippen molar-refractivity contribution in [3.8, 4) is 0 Å². The topological polar surface area (TPSA) is 74.0 Å². The van der Waals surface area contributed by atoms with Gasteiger partial charge in [-0.2, -0.15) is 0 Å². The van der Waals surface area contributed by atoms with Crippen LogP contribution >= 0.6 is 0 Å². The first kappa shape index (κ1) is 18.1. The van der Waals surface area contributed by atoms with Crippen molar-refractivity contribution >= 4 is 11.9 Å². The van der Waals surface area contributed by atoms with Gasteiger partial charge in [-0.15, -0.1) is 0 Å². The van der Waals surface area contributed by atoms with Crippen molar-refractivity contribution in [3.63, 3.8) is 0 Å². The van der Waals surface area contributed by atoms with E-state index >= 15 is 0 Å². The minimum Gasteiger partial charge on any atom is -0.480 e. The Morgan fingerprint density at radius 3 is 2.65 bits per heavy atom. The van der Waals surface area contributed by atoms with Crippen LogP contribution in [-0.2, 0) is 4.79 Å². The van der Waals surface area contributed by atoms with Gasteiger partial charge in [-0.3, -0.25) is 14.5 Å². The van der Waals surface area contributed by atoms with E-state index in [1.165, 1.54) is 24.7 Å². The molecule has 1 aliphatic rings. The molecule has 26 heavy (non-hydrogen) atoms. The maximum absolute atomic E-state index is 13.5. The molecule has 7 heteroatoms. The van der Waals surface area contributed by atoms with Crippen molar-refractivity contribution in [1.29, 1.82) is 0 Å². The van der Waals surface area contributed by atoms with Crippen LogP contribution in [0.2, 0.25) is 0 Å². The third kappa shape index (κ3) is 3.77. The van der Waals surface area contributed by atoms with Crippen LogP contribution in [0.4, 0.5) is 4.39 Å². The molecule has 0 spiro atoms. The smallest absolute Gasteiger partial charge is 0.325 e. The summed E-state index contributed by atoms with van der Waals surface area (Å²) in [5.74, 6) is -1.46. The number of carboxylic acid groups (broad SMARTS) is 1. The van der Waals surface area contributed by atoms with Gasteiger partial charge in [0.1, 0.15) is 18.1 Å². The second-order valence-electron chi connectivity index (χ2n) is 6.44. The lowest BCUT2D eigenvalue weighted by atomic mass is 10.0. The zero-order valence-electron chi connectivity index (χ0n) is 14.5. The van der Waals surface area contributed by atoms with Crippen molar-refractivity contribution in [1.82, 2.24) is 9.80 Å². The molecule has 1 saturated heterocycles. The normalized spacial score (nSPS) is 16.9. The predicted molar refractivity (Wildman–Crippen MR) is 92.3 cm³/mol. The average Bonchev–Trinajstić information content (AvgIpc) is 3.04. The summed E-state index contributed by atoms with van der Waals surface area (Å²) >= 11 is 0. The third-order valence-corrected chi connectivity index (χ3v) is 4.68. The van der Waals surface area contributed by atoms with Crippen molar-refractivity contribution in [2.45, 2.75) is 19.4 Å². The molecular weight excluding hydrogens is 339 g/mol. The van der Waals surface area contributed by atoms with Gasteiger partial charge >= 0.3 is 5.97 Å². The summed E-state index contributed by atoms with van der Waals surface area (Å²) in [4.78, 5) is 27.9. The van der Waals surface area contributed by atoms with Crippen LogP contribution in [0.5, 0.6) is 0 Å². The van der Waals surface area contributed by atoms with Crippen LogP contribution in [-0.4, -0.2) is 53.0 Å². The molecule has 1 amide bonds. The summed E-state index contributed by atoms with van der Waals surface area (Å²) in [6.45, 7) is 3.56. The zero-order valence-corrected chi connectivity index (χ0v) is 14.5. The highest BCUT2D eigenvalue weighted by Gasteiger charge is 2.30. The minimum atomic E-state index is -0.981. The zero-order chi connectivity index (χ0) is 18.7. The highest BCUT2D eigenvalue weighted by molar-refractivity contribution is 5.93. The number of carbonyl (C=O) groups excluding carboxylic acids is 1. The molecule has 0 saturated carbocycles. The van der Waals surface area contributed by atoms with Gasteiger partial charge in [-0.1, -0.05) is 12.1 Å². The number of halogens is 1. The van der Waals surface area contributed by atoms with Crippen LogP contribution in [0.25, 0.3) is 0 Å². The highest BCUT2D eigenvalue weighted by Crippen LogP contribution is 2.25. The molecule has 0 aliphatic carbocycles. The fraction of sp³-hybridized carbons (Fsp3) is 0.368. The van der Waals surface area contributed by atoms with Gasteiger partial charge in [0.05, 0.1) is 11.8 Å². The molecule has 1 atom stereocenters. The molecule has 0 bridgehead atoms. The number of hydrogen-bond acceptors (Lipinski definition) is 4. The van der Waals surface area contributed by atoms with Gasteiger partial charge in [0, 0.05) is 26.2 Å². The quantitative estimate of drug-likeness (QED) is 0.907. The molecule has 1 N–H and O–H groups in total. The highest BCUT2D eigenvalue weighted by atomic mass is 19.1. The number of furan rings is 1. The first-order valence-corrected chi connectivity index (χ1v) is 8.52. The molecular formula is C19H21FN2O4. The minimum absolute atomic E-state index is 0.120. The second-order valence-corrected chi connectivity index (χ2v) is 6.44. The molecule has 1 fully saturated rings.